The molecule has 1 aliphatic rings. The number of rotatable bonds is 4. The number of piperidine rings is 1. The maximum Gasteiger partial charge on any atom is 0.179 e. The minimum absolute atomic E-state index is 0.0222. The van der Waals surface area contributed by atoms with Gasteiger partial charge in [0.25, 0.3) is 0 Å². The highest BCUT2D eigenvalue weighted by Crippen LogP contribution is 2.22. The summed E-state index contributed by atoms with van der Waals surface area (Å²) in [5.74, 6) is 0.494. The summed E-state index contributed by atoms with van der Waals surface area (Å²) in [5.41, 5.74) is 2.31. The van der Waals surface area contributed by atoms with Gasteiger partial charge in [-0.05, 0) is 43.7 Å². The number of halogens is 2. The number of hydrogen-bond acceptors (Lipinski definition) is 5. The number of fused-ring (bicyclic) bond motifs is 1. The molecule has 0 amide bonds. The molecule has 3 aromatic rings. The van der Waals surface area contributed by atoms with E-state index < -0.39 is 5.82 Å². The average molecular weight is 403 g/mol. The number of nitrogens with one attached hydrogen (secondary N) is 3. The number of nitrogens with zero attached hydrogens (tertiary/aromatic N) is 3. The highest BCUT2D eigenvalue weighted by molar-refractivity contribution is 6.31. The second-order valence-corrected chi connectivity index (χ2v) is 7.20. The Morgan fingerprint density at radius 1 is 1.36 bits per heavy atom. The Bertz CT molecular complexity index is 1010. The monoisotopic (exact) mass is 402 g/mol. The molecule has 7 nitrogen and oxygen atoms in total. The van der Waals surface area contributed by atoms with Crippen LogP contribution in [0, 0.1) is 5.82 Å². The van der Waals surface area contributed by atoms with E-state index in [-0.39, 0.29) is 10.9 Å². The van der Waals surface area contributed by atoms with E-state index >= 15 is 0 Å². The van der Waals surface area contributed by atoms with Gasteiger partial charge < -0.3 is 20.8 Å². The number of amidine groups is 1. The van der Waals surface area contributed by atoms with E-state index in [9.17, 15) is 9.60 Å². The lowest BCUT2D eigenvalue weighted by atomic mass is 10.0. The molecule has 28 heavy (non-hydrogen) atoms. The zero-order valence-electron chi connectivity index (χ0n) is 15.0. The van der Waals surface area contributed by atoms with Crippen LogP contribution in [-0.4, -0.2) is 38.6 Å². The molecule has 146 valence electrons. The third-order valence-electron chi connectivity index (χ3n) is 4.83. The van der Waals surface area contributed by atoms with Crippen LogP contribution < -0.4 is 10.6 Å². The zero-order chi connectivity index (χ0) is 19.5. The number of pyridine rings is 1. The van der Waals surface area contributed by atoms with Gasteiger partial charge in [-0.15, -0.1) is 0 Å². The molecule has 9 heteroatoms. The minimum Gasteiger partial charge on any atom is -0.409 e. The van der Waals surface area contributed by atoms with Gasteiger partial charge >= 0.3 is 0 Å². The molecule has 0 radical (unpaired) electrons. The fraction of sp³-hybridized carbons (Fsp3) is 0.316. The first-order valence-corrected chi connectivity index (χ1v) is 9.53. The van der Waals surface area contributed by atoms with Crippen molar-refractivity contribution in [3.63, 3.8) is 0 Å². The summed E-state index contributed by atoms with van der Waals surface area (Å²) in [6, 6.07) is 6.29. The minimum atomic E-state index is -0.518. The van der Waals surface area contributed by atoms with Crippen LogP contribution in [0.25, 0.3) is 11.2 Å². The maximum absolute atomic E-state index is 13.4. The lowest BCUT2D eigenvalue weighted by Crippen LogP contribution is -2.35. The van der Waals surface area contributed by atoms with E-state index in [1.165, 1.54) is 31.0 Å². The molecule has 0 bridgehead atoms. The lowest BCUT2D eigenvalue weighted by molar-refractivity contribution is 0.319. The van der Waals surface area contributed by atoms with E-state index in [4.69, 9.17) is 11.6 Å². The van der Waals surface area contributed by atoms with Crippen LogP contribution in [0.15, 0.2) is 35.6 Å². The van der Waals surface area contributed by atoms with Gasteiger partial charge in [-0.1, -0.05) is 23.2 Å². The van der Waals surface area contributed by atoms with Gasteiger partial charge in [0.2, 0.25) is 0 Å². The molecule has 1 fully saturated rings. The van der Waals surface area contributed by atoms with E-state index in [1.54, 1.807) is 12.3 Å². The Morgan fingerprint density at radius 3 is 3.00 bits per heavy atom. The molecule has 1 atom stereocenters. The second-order valence-electron chi connectivity index (χ2n) is 6.79. The van der Waals surface area contributed by atoms with E-state index in [1.807, 2.05) is 0 Å². The summed E-state index contributed by atoms with van der Waals surface area (Å²) in [7, 11) is 0. The van der Waals surface area contributed by atoms with Crippen LogP contribution >= 0.6 is 11.6 Å². The molecule has 4 N–H and O–H groups in total. The molecule has 1 aromatic carbocycles. The van der Waals surface area contributed by atoms with Crippen molar-refractivity contribution in [2.75, 3.05) is 11.9 Å². The van der Waals surface area contributed by atoms with Crippen LogP contribution in [0.5, 0.6) is 0 Å². The largest absolute Gasteiger partial charge is 0.409 e. The topological polar surface area (TPSA) is 98.2 Å². The molecule has 1 saturated heterocycles. The number of benzene rings is 1. The second kappa shape index (κ2) is 8.12. The predicted octanol–water partition coefficient (Wildman–Crippen LogP) is 3.68. The highest BCUT2D eigenvalue weighted by atomic mass is 35.5. The summed E-state index contributed by atoms with van der Waals surface area (Å²) in [6.45, 7) is 1.03. The Morgan fingerprint density at radius 2 is 2.25 bits per heavy atom. The van der Waals surface area contributed by atoms with Gasteiger partial charge in [0.05, 0.1) is 10.5 Å². The van der Waals surface area contributed by atoms with Crippen molar-refractivity contribution in [1.29, 1.82) is 0 Å². The zero-order valence-corrected chi connectivity index (χ0v) is 15.8. The molecule has 1 aliphatic heterocycles. The smallest absolute Gasteiger partial charge is 0.179 e. The maximum atomic E-state index is 13.4. The van der Waals surface area contributed by atoms with Gasteiger partial charge in [0, 0.05) is 29.9 Å². The first kappa shape index (κ1) is 18.6. The number of hydrogen-bond donors (Lipinski definition) is 4. The summed E-state index contributed by atoms with van der Waals surface area (Å²) < 4.78 is 13.4. The first-order chi connectivity index (χ1) is 13.6. The Kier molecular flexibility index (Phi) is 5.40. The number of aromatic nitrogens is 3. The normalized spacial score (nSPS) is 17.8. The third-order valence-corrected chi connectivity index (χ3v) is 5.12. The van der Waals surface area contributed by atoms with Crippen LogP contribution in [0.4, 0.5) is 10.1 Å². The van der Waals surface area contributed by atoms with Crippen LogP contribution in [-0.2, 0) is 6.42 Å². The van der Waals surface area contributed by atoms with Crippen LogP contribution in [0.3, 0.4) is 0 Å². The van der Waals surface area contributed by atoms with Crippen LogP contribution in [0.1, 0.15) is 30.7 Å². The predicted molar refractivity (Wildman–Crippen MR) is 107 cm³/mol. The number of aromatic amines is 1. The average Bonchev–Trinajstić information content (AvgIpc) is 3.12. The molecular formula is C19H20ClFN6O. The van der Waals surface area contributed by atoms with Crippen molar-refractivity contribution in [2.45, 2.75) is 31.7 Å². The summed E-state index contributed by atoms with van der Waals surface area (Å²) in [6.07, 6.45) is 5.92. The summed E-state index contributed by atoms with van der Waals surface area (Å²) >= 11 is 5.83. The lowest BCUT2D eigenvalue weighted by Gasteiger charge is -2.22. The summed E-state index contributed by atoms with van der Waals surface area (Å²) in [5, 5.41) is 19.3. The van der Waals surface area contributed by atoms with Crippen molar-refractivity contribution < 1.29 is 9.60 Å². The van der Waals surface area contributed by atoms with Gasteiger partial charge in [-0.3, -0.25) is 0 Å². The molecule has 4 rings (SSSR count). The van der Waals surface area contributed by atoms with Gasteiger partial charge in [-0.2, -0.15) is 0 Å². The third kappa shape index (κ3) is 3.93. The van der Waals surface area contributed by atoms with Crippen molar-refractivity contribution in [3.8, 4) is 0 Å². The van der Waals surface area contributed by atoms with Gasteiger partial charge in [0.1, 0.15) is 11.6 Å². The Balaban J connectivity index is 1.61. The molecule has 0 spiro atoms. The first-order valence-electron chi connectivity index (χ1n) is 9.15. The number of anilines is 1. The fourth-order valence-corrected chi connectivity index (χ4v) is 3.62. The molecule has 1 unspecified atom stereocenters. The van der Waals surface area contributed by atoms with E-state index in [0.29, 0.717) is 28.5 Å². The van der Waals surface area contributed by atoms with Gasteiger partial charge in [-0.25, -0.2) is 14.4 Å². The van der Waals surface area contributed by atoms with Crippen molar-refractivity contribution in [2.24, 2.45) is 5.16 Å². The van der Waals surface area contributed by atoms with Crippen molar-refractivity contribution >= 4 is 34.3 Å². The van der Waals surface area contributed by atoms with E-state index in [0.717, 1.165) is 25.2 Å². The molecule has 0 saturated carbocycles. The number of H-pyrrole nitrogens is 1. The SMILES string of the molecule is O/N=C(/Nc1ccc(F)c(Cl)c1)c1ccnc2nc(CC3CCCCN3)[nH]c12. The Hall–Kier alpha value is -2.71. The molecule has 0 aliphatic carbocycles. The standard InChI is InChI=1S/C19H20ClFN6O/c20-14-9-12(4-5-15(14)21)24-18(27-28)13-6-8-23-19-17(13)25-16(26-19)10-11-3-1-2-7-22-11/h4-6,8-9,11,22,28H,1-3,7,10H2,(H,24,27)(H,23,25,26). The van der Waals surface area contributed by atoms with Crippen LogP contribution in [0.2, 0.25) is 5.02 Å². The van der Waals surface area contributed by atoms with Crippen molar-refractivity contribution in [3.05, 3.63) is 52.7 Å². The molecular weight excluding hydrogens is 383 g/mol. The summed E-state index contributed by atoms with van der Waals surface area (Å²) in [4.78, 5) is 12.2. The van der Waals surface area contributed by atoms with Gasteiger partial charge in [0.15, 0.2) is 11.5 Å². The highest BCUT2D eigenvalue weighted by Gasteiger charge is 2.18. The number of imidazole rings is 1. The Labute approximate surface area is 166 Å². The molecule has 2 aromatic heterocycles. The fourth-order valence-electron chi connectivity index (χ4n) is 3.44. The number of oxime groups is 1. The molecule has 3 heterocycles. The van der Waals surface area contributed by atoms with E-state index in [2.05, 4.69) is 30.7 Å². The van der Waals surface area contributed by atoms with Crippen molar-refractivity contribution in [1.82, 2.24) is 20.3 Å². The quantitative estimate of drug-likeness (QED) is 0.231.